The van der Waals surface area contributed by atoms with Crippen LogP contribution in [0.1, 0.15) is 5.69 Å². The van der Waals surface area contributed by atoms with E-state index < -0.39 is 21.9 Å². The number of alkyl halides is 3. The lowest BCUT2D eigenvalue weighted by Crippen LogP contribution is -2.11. The molecule has 12 heteroatoms. The van der Waals surface area contributed by atoms with Crippen molar-refractivity contribution in [2.45, 2.75) is 10.4 Å². The molecule has 0 aliphatic carbocycles. The molecule has 0 aliphatic rings. The van der Waals surface area contributed by atoms with Crippen LogP contribution in [0.3, 0.4) is 0 Å². The second-order valence-corrected chi connectivity index (χ2v) is 10.1. The minimum atomic E-state index is -4.52. The lowest BCUT2D eigenvalue weighted by atomic mass is 10.3. The number of nitrogens with zero attached hydrogens (tertiary/aromatic N) is 2. The van der Waals surface area contributed by atoms with E-state index in [0.29, 0.717) is 13.9 Å². The first-order valence-corrected chi connectivity index (χ1v) is 10.7. The Morgan fingerprint density at radius 2 is 1.77 bits per heavy atom. The SMILES string of the molecule is O=S(=O)(Nc1ccc(-n2ccc(C(F)(F)F)n2)cc1)c1cc(Br)c(Br)s1. The van der Waals surface area contributed by atoms with Gasteiger partial charge in [-0.05, 0) is 68.3 Å². The molecule has 0 unspecified atom stereocenters. The molecule has 0 aliphatic heterocycles. The van der Waals surface area contributed by atoms with Crippen LogP contribution < -0.4 is 4.72 Å². The van der Waals surface area contributed by atoms with Crippen molar-refractivity contribution in [3.63, 3.8) is 0 Å². The summed E-state index contributed by atoms with van der Waals surface area (Å²) < 4.78 is 67.4. The molecule has 138 valence electrons. The number of halogens is 5. The third-order valence-corrected chi connectivity index (χ3v) is 8.26. The van der Waals surface area contributed by atoms with Crippen LogP contribution in [0, 0.1) is 0 Å². The number of thiophene rings is 1. The highest BCUT2D eigenvalue weighted by atomic mass is 79.9. The molecule has 0 atom stereocenters. The number of anilines is 1. The summed E-state index contributed by atoms with van der Waals surface area (Å²) in [7, 11) is -3.77. The van der Waals surface area contributed by atoms with E-state index in [-0.39, 0.29) is 9.90 Å². The molecule has 26 heavy (non-hydrogen) atoms. The number of rotatable bonds is 4. The number of hydrogen-bond acceptors (Lipinski definition) is 4. The van der Waals surface area contributed by atoms with Gasteiger partial charge in [-0.2, -0.15) is 18.3 Å². The Hall–Kier alpha value is -1.37. The first-order valence-electron chi connectivity index (χ1n) is 6.77. The summed E-state index contributed by atoms with van der Waals surface area (Å²) in [5.74, 6) is 0. The van der Waals surface area contributed by atoms with Gasteiger partial charge in [-0.25, -0.2) is 13.1 Å². The van der Waals surface area contributed by atoms with Crippen LogP contribution >= 0.6 is 43.2 Å². The average Bonchev–Trinajstić information content (AvgIpc) is 3.16. The standard InChI is InChI=1S/C14H8Br2F3N3O2S2/c15-10-7-12(25-13(10)16)26(23,24)21-8-1-3-9(4-2-8)22-6-5-11(20-22)14(17,18)19/h1-7,21H. The number of sulfonamides is 1. The van der Waals surface area contributed by atoms with Crippen molar-refractivity contribution < 1.29 is 21.6 Å². The molecular formula is C14H8Br2F3N3O2S2. The molecule has 0 bridgehead atoms. The summed E-state index contributed by atoms with van der Waals surface area (Å²) in [6.07, 6.45) is -3.34. The Balaban J connectivity index is 1.80. The fourth-order valence-corrected chi connectivity index (χ4v) is 5.84. The third kappa shape index (κ3) is 4.13. The number of nitrogens with one attached hydrogen (secondary N) is 1. The first-order chi connectivity index (χ1) is 12.1. The van der Waals surface area contributed by atoms with Crippen LogP contribution in [0.2, 0.25) is 0 Å². The molecule has 0 radical (unpaired) electrons. The van der Waals surface area contributed by atoms with Crippen LogP contribution in [0.4, 0.5) is 18.9 Å². The van der Waals surface area contributed by atoms with Crippen LogP contribution in [0.15, 0.2) is 55.1 Å². The molecule has 0 fully saturated rings. The zero-order valence-corrected chi connectivity index (χ0v) is 17.3. The molecule has 1 aromatic carbocycles. The van der Waals surface area contributed by atoms with E-state index in [4.69, 9.17) is 0 Å². The fraction of sp³-hybridized carbons (Fsp3) is 0.0714. The van der Waals surface area contributed by atoms with Crippen molar-refractivity contribution in [3.8, 4) is 5.69 Å². The molecule has 1 N–H and O–H groups in total. The van der Waals surface area contributed by atoms with Gasteiger partial charge < -0.3 is 0 Å². The van der Waals surface area contributed by atoms with Gasteiger partial charge >= 0.3 is 6.18 Å². The van der Waals surface area contributed by atoms with Gasteiger partial charge in [0.15, 0.2) is 5.69 Å². The Bertz CT molecular complexity index is 1020. The number of aromatic nitrogens is 2. The smallest absolute Gasteiger partial charge is 0.279 e. The van der Waals surface area contributed by atoms with E-state index in [1.165, 1.54) is 36.5 Å². The predicted octanol–water partition coefficient (Wildman–Crippen LogP) is 5.28. The molecular weight excluding hydrogens is 523 g/mol. The summed E-state index contributed by atoms with van der Waals surface area (Å²) in [4.78, 5) is 0. The Kier molecular flexibility index (Phi) is 5.21. The molecule has 3 rings (SSSR count). The molecule has 0 saturated heterocycles. The van der Waals surface area contributed by atoms with Gasteiger partial charge in [0.2, 0.25) is 0 Å². The zero-order valence-electron chi connectivity index (χ0n) is 12.5. The van der Waals surface area contributed by atoms with E-state index in [1.54, 1.807) is 0 Å². The fourth-order valence-electron chi connectivity index (χ4n) is 1.97. The Labute approximate surface area is 167 Å². The van der Waals surface area contributed by atoms with Crippen LogP contribution in [-0.4, -0.2) is 18.2 Å². The monoisotopic (exact) mass is 529 g/mol. The molecule has 0 saturated carbocycles. The van der Waals surface area contributed by atoms with Gasteiger partial charge in [-0.15, -0.1) is 11.3 Å². The largest absolute Gasteiger partial charge is 0.435 e. The minimum Gasteiger partial charge on any atom is -0.279 e. The van der Waals surface area contributed by atoms with Gasteiger partial charge in [0.25, 0.3) is 10.0 Å². The van der Waals surface area contributed by atoms with Crippen molar-refractivity contribution in [3.05, 3.63) is 56.5 Å². The molecule has 5 nitrogen and oxygen atoms in total. The van der Waals surface area contributed by atoms with Gasteiger partial charge in [-0.3, -0.25) is 4.72 Å². The van der Waals surface area contributed by atoms with Crippen molar-refractivity contribution >= 4 is 58.9 Å². The number of benzene rings is 1. The van der Waals surface area contributed by atoms with E-state index in [9.17, 15) is 21.6 Å². The lowest BCUT2D eigenvalue weighted by Gasteiger charge is -2.08. The summed E-state index contributed by atoms with van der Waals surface area (Å²) >= 11 is 7.51. The quantitative estimate of drug-likeness (QED) is 0.499. The molecule has 0 amide bonds. The highest BCUT2D eigenvalue weighted by Gasteiger charge is 2.33. The molecule has 2 aromatic heterocycles. The normalized spacial score (nSPS) is 12.3. The van der Waals surface area contributed by atoms with Crippen molar-refractivity contribution in [1.82, 2.24) is 9.78 Å². The summed E-state index contributed by atoms with van der Waals surface area (Å²) in [5, 5.41) is 3.46. The maximum Gasteiger partial charge on any atom is 0.435 e. The van der Waals surface area contributed by atoms with E-state index in [0.717, 1.165) is 22.1 Å². The molecule has 0 spiro atoms. The van der Waals surface area contributed by atoms with E-state index in [1.807, 2.05) is 0 Å². The van der Waals surface area contributed by atoms with E-state index >= 15 is 0 Å². The topological polar surface area (TPSA) is 64.0 Å². The summed E-state index contributed by atoms with van der Waals surface area (Å²) in [6.45, 7) is 0. The van der Waals surface area contributed by atoms with Crippen LogP contribution in [0.5, 0.6) is 0 Å². The highest BCUT2D eigenvalue weighted by Crippen LogP contribution is 2.35. The lowest BCUT2D eigenvalue weighted by molar-refractivity contribution is -0.141. The van der Waals surface area contributed by atoms with Crippen LogP contribution in [0.25, 0.3) is 5.69 Å². The summed E-state index contributed by atoms with van der Waals surface area (Å²) in [6, 6.07) is 8.15. The van der Waals surface area contributed by atoms with Crippen molar-refractivity contribution in [2.75, 3.05) is 4.72 Å². The Morgan fingerprint density at radius 1 is 1.12 bits per heavy atom. The zero-order chi connectivity index (χ0) is 19.1. The third-order valence-electron chi connectivity index (χ3n) is 3.15. The van der Waals surface area contributed by atoms with Gasteiger partial charge in [-0.1, -0.05) is 0 Å². The number of hydrogen-bond donors (Lipinski definition) is 1. The van der Waals surface area contributed by atoms with E-state index in [2.05, 4.69) is 41.7 Å². The maximum absolute atomic E-state index is 12.6. The second-order valence-electron chi connectivity index (χ2n) is 4.98. The summed E-state index contributed by atoms with van der Waals surface area (Å²) in [5.41, 5.74) is -0.362. The van der Waals surface area contributed by atoms with Crippen molar-refractivity contribution in [1.29, 1.82) is 0 Å². The average molecular weight is 531 g/mol. The van der Waals surface area contributed by atoms with Crippen molar-refractivity contribution in [2.24, 2.45) is 0 Å². The Morgan fingerprint density at radius 3 is 2.27 bits per heavy atom. The highest BCUT2D eigenvalue weighted by molar-refractivity contribution is 9.13. The van der Waals surface area contributed by atoms with Gasteiger partial charge in [0.05, 0.1) is 9.47 Å². The van der Waals surface area contributed by atoms with Gasteiger partial charge in [0.1, 0.15) is 4.21 Å². The molecule has 2 heterocycles. The van der Waals surface area contributed by atoms with Gasteiger partial charge in [0, 0.05) is 16.4 Å². The maximum atomic E-state index is 12.6. The minimum absolute atomic E-state index is 0.113. The first kappa shape index (κ1) is 19.4. The van der Waals surface area contributed by atoms with Crippen LogP contribution in [-0.2, 0) is 16.2 Å². The molecule has 3 aromatic rings. The second kappa shape index (κ2) is 6.98. The predicted molar refractivity (Wildman–Crippen MR) is 99.1 cm³/mol.